The fraction of sp³-hybridized carbons (Fsp3) is 0.238. The van der Waals surface area contributed by atoms with Gasteiger partial charge in [0.05, 0.1) is 18.7 Å². The summed E-state index contributed by atoms with van der Waals surface area (Å²) in [5.74, 6) is 0.860. The van der Waals surface area contributed by atoms with E-state index in [4.69, 9.17) is 4.74 Å². The summed E-state index contributed by atoms with van der Waals surface area (Å²) in [7, 11) is 1.80. The predicted octanol–water partition coefficient (Wildman–Crippen LogP) is 4.20. The fourth-order valence-electron chi connectivity index (χ4n) is 2.53. The minimum Gasteiger partial charge on any atom is -0.492 e. The monoisotopic (exact) mass is 366 g/mol. The van der Waals surface area contributed by atoms with Gasteiger partial charge in [-0.25, -0.2) is 4.98 Å². The highest BCUT2D eigenvalue weighted by Gasteiger charge is 2.13. The fourth-order valence-corrected chi connectivity index (χ4v) is 3.35. The molecule has 4 nitrogen and oxygen atoms in total. The number of carbonyl (C=O) groups excluding carboxylic acids is 1. The summed E-state index contributed by atoms with van der Waals surface area (Å²) in [6.07, 6.45) is 0.310. The van der Waals surface area contributed by atoms with E-state index in [-0.39, 0.29) is 5.91 Å². The standard InChI is InChI=1S/C21H22N2O2S/c1-16-7-6-8-17(13-16)21-22-18(15-26-21)14-20(24)23(2)11-12-25-19-9-4-3-5-10-19/h3-10,13,15H,11-12,14H2,1-2H3. The van der Waals surface area contributed by atoms with Gasteiger partial charge in [-0.05, 0) is 25.1 Å². The second-order valence-corrected chi connectivity index (χ2v) is 7.03. The molecule has 0 saturated carbocycles. The van der Waals surface area contributed by atoms with Crippen LogP contribution in [0.5, 0.6) is 5.75 Å². The number of rotatable bonds is 7. The summed E-state index contributed by atoms with van der Waals surface area (Å²) in [5.41, 5.74) is 3.11. The van der Waals surface area contributed by atoms with Crippen LogP contribution in [0.1, 0.15) is 11.3 Å². The van der Waals surface area contributed by atoms with Crippen LogP contribution in [0.3, 0.4) is 0 Å². The zero-order valence-electron chi connectivity index (χ0n) is 15.0. The molecule has 0 atom stereocenters. The maximum Gasteiger partial charge on any atom is 0.228 e. The Morgan fingerprint density at radius 2 is 1.96 bits per heavy atom. The largest absolute Gasteiger partial charge is 0.492 e. The molecule has 0 aliphatic heterocycles. The van der Waals surface area contributed by atoms with Gasteiger partial charge in [-0.1, -0.05) is 42.0 Å². The Hall–Kier alpha value is -2.66. The van der Waals surface area contributed by atoms with Gasteiger partial charge in [0.2, 0.25) is 5.91 Å². The first-order valence-corrected chi connectivity index (χ1v) is 9.43. The highest BCUT2D eigenvalue weighted by atomic mass is 32.1. The smallest absolute Gasteiger partial charge is 0.228 e. The number of aromatic nitrogens is 1. The van der Waals surface area contributed by atoms with Crippen molar-refractivity contribution in [2.45, 2.75) is 13.3 Å². The average molecular weight is 366 g/mol. The van der Waals surface area contributed by atoms with E-state index in [1.807, 2.05) is 47.8 Å². The summed E-state index contributed by atoms with van der Waals surface area (Å²) in [4.78, 5) is 18.7. The molecule has 0 unspecified atom stereocenters. The normalized spacial score (nSPS) is 10.5. The van der Waals surface area contributed by atoms with E-state index in [2.05, 4.69) is 24.0 Å². The van der Waals surface area contributed by atoms with Crippen molar-refractivity contribution in [3.63, 3.8) is 0 Å². The predicted molar refractivity (Wildman–Crippen MR) is 106 cm³/mol. The van der Waals surface area contributed by atoms with E-state index in [1.54, 1.807) is 23.3 Å². The second-order valence-electron chi connectivity index (χ2n) is 6.17. The molecule has 0 radical (unpaired) electrons. The van der Waals surface area contributed by atoms with Gasteiger partial charge in [-0.15, -0.1) is 11.3 Å². The summed E-state index contributed by atoms with van der Waals surface area (Å²) in [5, 5.41) is 2.91. The Kier molecular flexibility index (Phi) is 6.02. The molecule has 1 aromatic heterocycles. The Bertz CT molecular complexity index is 861. The van der Waals surface area contributed by atoms with E-state index in [1.165, 1.54) is 5.56 Å². The number of thiazole rings is 1. The third kappa shape index (κ3) is 4.92. The molecule has 0 aliphatic carbocycles. The van der Waals surface area contributed by atoms with Crippen molar-refractivity contribution in [1.82, 2.24) is 9.88 Å². The van der Waals surface area contributed by atoms with Crippen molar-refractivity contribution in [3.8, 4) is 16.3 Å². The number of ether oxygens (including phenoxy) is 1. The molecule has 0 bridgehead atoms. The quantitative estimate of drug-likeness (QED) is 0.629. The Balaban J connectivity index is 1.51. The number of hydrogen-bond donors (Lipinski definition) is 0. The summed E-state index contributed by atoms with van der Waals surface area (Å²) in [6.45, 7) is 3.08. The van der Waals surface area contributed by atoms with E-state index >= 15 is 0 Å². The van der Waals surface area contributed by atoms with Crippen LogP contribution in [0.25, 0.3) is 10.6 Å². The molecule has 3 rings (SSSR count). The number of aryl methyl sites for hydroxylation is 1. The second kappa shape index (κ2) is 8.63. The molecule has 0 aliphatic rings. The highest BCUT2D eigenvalue weighted by molar-refractivity contribution is 7.13. The number of nitrogens with zero attached hydrogens (tertiary/aromatic N) is 2. The number of para-hydroxylation sites is 1. The molecule has 0 spiro atoms. The van der Waals surface area contributed by atoms with E-state index in [0.717, 1.165) is 22.0 Å². The maximum atomic E-state index is 12.4. The molecule has 3 aromatic rings. The van der Waals surface area contributed by atoms with Crippen molar-refractivity contribution >= 4 is 17.2 Å². The van der Waals surface area contributed by atoms with Crippen LogP contribution < -0.4 is 4.74 Å². The lowest BCUT2D eigenvalue weighted by atomic mass is 10.1. The van der Waals surface area contributed by atoms with E-state index in [9.17, 15) is 4.79 Å². The van der Waals surface area contributed by atoms with Gasteiger partial charge in [0.25, 0.3) is 0 Å². The van der Waals surface area contributed by atoms with Crippen molar-refractivity contribution in [1.29, 1.82) is 0 Å². The van der Waals surface area contributed by atoms with Crippen LogP contribution in [0.2, 0.25) is 0 Å². The van der Waals surface area contributed by atoms with Crippen LogP contribution in [-0.4, -0.2) is 36.0 Å². The molecule has 0 saturated heterocycles. The first kappa shape index (κ1) is 18.1. The Morgan fingerprint density at radius 3 is 2.73 bits per heavy atom. The van der Waals surface area contributed by atoms with Crippen LogP contribution in [0.4, 0.5) is 0 Å². The number of amides is 1. The molecule has 134 valence electrons. The Labute approximate surface area is 158 Å². The molecule has 0 fully saturated rings. The molecular weight excluding hydrogens is 344 g/mol. The van der Waals surface area contributed by atoms with Gasteiger partial charge in [0.15, 0.2) is 0 Å². The van der Waals surface area contributed by atoms with Crippen LogP contribution >= 0.6 is 11.3 Å². The molecule has 2 aromatic carbocycles. The van der Waals surface area contributed by atoms with Gasteiger partial charge < -0.3 is 9.64 Å². The van der Waals surface area contributed by atoms with Crippen LogP contribution in [-0.2, 0) is 11.2 Å². The molecule has 1 amide bonds. The number of hydrogen-bond acceptors (Lipinski definition) is 4. The van der Waals surface area contributed by atoms with Crippen molar-refractivity contribution in [2.75, 3.05) is 20.2 Å². The summed E-state index contributed by atoms with van der Waals surface area (Å²) >= 11 is 1.57. The molecule has 1 heterocycles. The summed E-state index contributed by atoms with van der Waals surface area (Å²) in [6, 6.07) is 17.9. The number of benzene rings is 2. The van der Waals surface area contributed by atoms with Gasteiger partial charge in [0.1, 0.15) is 17.4 Å². The molecule has 5 heteroatoms. The van der Waals surface area contributed by atoms with Crippen molar-refractivity contribution in [2.24, 2.45) is 0 Å². The van der Waals surface area contributed by atoms with Gasteiger partial charge in [0, 0.05) is 18.0 Å². The number of carbonyl (C=O) groups is 1. The molecule has 26 heavy (non-hydrogen) atoms. The Morgan fingerprint density at radius 1 is 1.15 bits per heavy atom. The zero-order valence-corrected chi connectivity index (χ0v) is 15.8. The van der Waals surface area contributed by atoms with E-state index in [0.29, 0.717) is 19.6 Å². The van der Waals surface area contributed by atoms with Gasteiger partial charge in [-0.2, -0.15) is 0 Å². The lowest BCUT2D eigenvalue weighted by Crippen LogP contribution is -2.32. The average Bonchev–Trinajstić information content (AvgIpc) is 3.11. The third-order valence-corrected chi connectivity index (χ3v) is 4.95. The minimum absolute atomic E-state index is 0.0442. The first-order chi connectivity index (χ1) is 12.6. The number of likely N-dealkylation sites (N-methyl/N-ethyl adjacent to an activating group) is 1. The third-order valence-electron chi connectivity index (χ3n) is 4.01. The highest BCUT2D eigenvalue weighted by Crippen LogP contribution is 2.24. The lowest BCUT2D eigenvalue weighted by Gasteiger charge is -2.17. The van der Waals surface area contributed by atoms with Crippen molar-refractivity contribution < 1.29 is 9.53 Å². The minimum atomic E-state index is 0.0442. The topological polar surface area (TPSA) is 42.4 Å². The van der Waals surface area contributed by atoms with Gasteiger partial charge >= 0.3 is 0 Å². The lowest BCUT2D eigenvalue weighted by molar-refractivity contribution is -0.129. The van der Waals surface area contributed by atoms with Gasteiger partial charge in [-0.3, -0.25) is 4.79 Å². The van der Waals surface area contributed by atoms with Crippen molar-refractivity contribution in [3.05, 3.63) is 71.2 Å². The van der Waals surface area contributed by atoms with E-state index < -0.39 is 0 Å². The molecule has 0 N–H and O–H groups in total. The zero-order chi connectivity index (χ0) is 18.4. The van der Waals surface area contributed by atoms with Crippen LogP contribution in [0, 0.1) is 6.92 Å². The SMILES string of the molecule is Cc1cccc(-c2nc(CC(=O)N(C)CCOc3ccccc3)cs2)c1. The maximum absolute atomic E-state index is 12.4. The first-order valence-electron chi connectivity index (χ1n) is 8.55. The molecular formula is C21H22N2O2S. The van der Waals surface area contributed by atoms with Crippen LogP contribution in [0.15, 0.2) is 60.0 Å². The summed E-state index contributed by atoms with van der Waals surface area (Å²) < 4.78 is 5.64.